The van der Waals surface area contributed by atoms with Crippen molar-refractivity contribution < 1.29 is 37.4 Å². The monoisotopic (exact) mass is 707 g/mol. The molecule has 1 aliphatic heterocycles. The Morgan fingerprint density at radius 2 is 1.72 bits per heavy atom. The number of hydrogen-bond acceptors (Lipinski definition) is 6. The number of hydrogen-bond donors (Lipinski definition) is 3. The first kappa shape index (κ1) is 36.4. The summed E-state index contributed by atoms with van der Waals surface area (Å²) in [4.78, 5) is 42.5. The molecule has 1 saturated heterocycles. The zero-order valence-corrected chi connectivity index (χ0v) is 28.2. The number of carboxylic acids is 1. The molecule has 50 heavy (non-hydrogen) atoms. The van der Waals surface area contributed by atoms with E-state index in [4.69, 9.17) is 14.6 Å². The van der Waals surface area contributed by atoms with Crippen LogP contribution in [0, 0.1) is 0 Å². The third kappa shape index (κ3) is 9.85. The second-order valence-electron chi connectivity index (χ2n) is 11.8. The van der Waals surface area contributed by atoms with Crippen molar-refractivity contribution in [3.05, 3.63) is 113 Å². The van der Waals surface area contributed by atoms with E-state index in [0.29, 0.717) is 39.6 Å². The molecule has 1 aliphatic rings. The van der Waals surface area contributed by atoms with Crippen molar-refractivity contribution in [2.24, 2.45) is 0 Å². The Labute approximate surface area is 292 Å². The number of methoxy groups -OCH3 is 1. The van der Waals surface area contributed by atoms with Gasteiger partial charge in [0, 0.05) is 66.8 Å². The third-order valence-electron chi connectivity index (χ3n) is 8.33. The largest absolute Gasteiger partial charge is 0.481 e. The normalized spacial score (nSPS) is 13.6. The highest BCUT2D eigenvalue weighted by Gasteiger charge is 2.30. The van der Waals surface area contributed by atoms with Gasteiger partial charge in [-0.05, 0) is 78.6 Å². The molecule has 3 aromatic carbocycles. The first-order valence-electron chi connectivity index (χ1n) is 16.0. The maximum absolute atomic E-state index is 13.5. The lowest BCUT2D eigenvalue weighted by atomic mass is 10.0. The first-order chi connectivity index (χ1) is 24.0. The average molecular weight is 708 g/mol. The molecule has 1 fully saturated rings. The number of anilines is 2. The number of thioether (sulfide) groups is 1. The number of benzene rings is 3. The van der Waals surface area contributed by atoms with Crippen molar-refractivity contribution in [3.63, 3.8) is 0 Å². The summed E-state index contributed by atoms with van der Waals surface area (Å²) in [5, 5.41) is 14.7. The summed E-state index contributed by atoms with van der Waals surface area (Å²) in [5.74, 6) is -0.338. The van der Waals surface area contributed by atoms with Gasteiger partial charge >= 0.3 is 12.1 Å². The molecule has 0 saturated carbocycles. The Hall–Kier alpha value is -4.88. The van der Waals surface area contributed by atoms with Crippen LogP contribution in [0.15, 0.2) is 85.1 Å². The molecule has 5 rings (SSSR count). The first-order valence-corrected chi connectivity index (χ1v) is 17.2. The van der Waals surface area contributed by atoms with Gasteiger partial charge in [-0.2, -0.15) is 24.9 Å². The lowest BCUT2D eigenvalue weighted by Gasteiger charge is -2.33. The SMILES string of the molecule is COC1CCN(c2ccc(NC(=O)c3cccc(CSCCC(O)=[OH+])c3)c(-c3cc(C(=O)NCc4cccc(C(F)(F)F)c4)ccn3)c2)CC1. The lowest BCUT2D eigenvalue weighted by Crippen LogP contribution is -2.36. The van der Waals surface area contributed by atoms with Gasteiger partial charge in [-0.3, -0.25) is 14.6 Å². The lowest BCUT2D eigenvalue weighted by molar-refractivity contribution is -0.137. The molecule has 2 amide bonds. The number of amides is 2. The molecule has 0 radical (unpaired) electrons. The number of carbonyl (C=O) groups excluding carboxylic acids is 2. The molecule has 9 nitrogen and oxygen atoms in total. The van der Waals surface area contributed by atoms with Crippen LogP contribution in [0.4, 0.5) is 24.5 Å². The van der Waals surface area contributed by atoms with E-state index in [1.807, 2.05) is 24.3 Å². The summed E-state index contributed by atoms with van der Waals surface area (Å²) in [6, 6.07) is 20.7. The van der Waals surface area contributed by atoms with Gasteiger partial charge in [-0.25, -0.2) is 0 Å². The Balaban J connectivity index is 1.38. The van der Waals surface area contributed by atoms with Gasteiger partial charge in [0.25, 0.3) is 11.8 Å². The number of pyridine rings is 1. The van der Waals surface area contributed by atoms with Crippen molar-refractivity contribution >= 4 is 40.9 Å². The summed E-state index contributed by atoms with van der Waals surface area (Å²) < 4.78 is 45.1. The van der Waals surface area contributed by atoms with Crippen molar-refractivity contribution in [2.75, 3.05) is 36.2 Å². The summed E-state index contributed by atoms with van der Waals surface area (Å²) >= 11 is 1.51. The van der Waals surface area contributed by atoms with E-state index in [0.717, 1.165) is 49.3 Å². The molecule has 4 aromatic rings. The minimum Gasteiger partial charge on any atom is -0.381 e. The molecular weight excluding hydrogens is 669 g/mol. The van der Waals surface area contributed by atoms with E-state index < -0.39 is 23.6 Å². The standard InChI is InChI=1S/C37H37F3N4O5S/c1-49-30-11-15-44(16-12-30)29-8-9-32(43-36(48)26-6-2-5-25(18-26)23-50-17-13-34(45)46)31(21-29)33-20-27(10-14-41-33)35(47)42-22-24-4-3-7-28(19-24)37(38,39)40/h2-10,14,18-21,30H,11-13,15-17,22-23H2,1H3,(H,42,47)(H,43,48)(H,45,46)/p+1. The summed E-state index contributed by atoms with van der Waals surface area (Å²) in [5.41, 5.74) is 3.52. The summed E-state index contributed by atoms with van der Waals surface area (Å²) in [7, 11) is 1.71. The van der Waals surface area contributed by atoms with Gasteiger partial charge in [0.1, 0.15) is 6.42 Å². The van der Waals surface area contributed by atoms with Gasteiger partial charge < -0.3 is 30.2 Å². The maximum atomic E-state index is 13.5. The number of nitrogens with one attached hydrogen (secondary N) is 2. The average Bonchev–Trinajstić information content (AvgIpc) is 3.12. The van der Waals surface area contributed by atoms with Crippen molar-refractivity contribution in [2.45, 2.75) is 43.8 Å². The van der Waals surface area contributed by atoms with E-state index in [-0.39, 0.29) is 30.5 Å². The zero-order valence-electron chi connectivity index (χ0n) is 27.4. The molecular formula is C37H38F3N4O5S+. The fraction of sp³-hybridized carbons (Fsp3) is 0.297. The molecule has 0 atom stereocenters. The number of alkyl halides is 3. The summed E-state index contributed by atoms with van der Waals surface area (Å²) in [6.07, 6.45) is -0.941. The number of carbonyl (C=O) groups is 2. The number of aliphatic carboxylic acids is 1. The number of rotatable bonds is 13. The minimum absolute atomic E-state index is 0.103. The molecule has 4 N–H and O–H groups in total. The molecule has 0 aliphatic carbocycles. The predicted molar refractivity (Wildman–Crippen MR) is 189 cm³/mol. The van der Waals surface area contributed by atoms with Gasteiger partial charge in [-0.1, -0.05) is 24.3 Å². The molecule has 0 unspecified atom stereocenters. The molecule has 0 spiro atoms. The number of aliphatic hydroxyl groups excluding tert-OH is 1. The Bertz CT molecular complexity index is 1830. The van der Waals surface area contributed by atoms with Crippen LogP contribution < -0.4 is 15.5 Å². The smallest absolute Gasteiger partial charge is 0.381 e. The van der Waals surface area contributed by atoms with E-state index in [9.17, 15) is 22.8 Å². The summed E-state index contributed by atoms with van der Waals surface area (Å²) in [6.45, 7) is 1.44. The quantitative estimate of drug-likeness (QED) is 0.0988. The van der Waals surface area contributed by atoms with Gasteiger partial charge in [-0.15, -0.1) is 0 Å². The number of piperidine rings is 1. The van der Waals surface area contributed by atoms with E-state index in [1.54, 1.807) is 31.4 Å². The van der Waals surface area contributed by atoms with Crippen LogP contribution in [0.5, 0.6) is 0 Å². The van der Waals surface area contributed by atoms with Gasteiger partial charge in [0.2, 0.25) is 0 Å². The third-order valence-corrected chi connectivity index (χ3v) is 9.36. The number of carboxylic acid groups (broad SMARTS) is 1. The molecule has 13 heteroatoms. The van der Waals surface area contributed by atoms with Crippen molar-refractivity contribution in [1.82, 2.24) is 10.3 Å². The molecule has 2 heterocycles. The minimum atomic E-state index is -4.49. The van der Waals surface area contributed by atoms with E-state index in [1.165, 1.54) is 36.2 Å². The second kappa shape index (κ2) is 16.7. The number of halogens is 3. The molecule has 0 bridgehead atoms. The number of aromatic nitrogens is 1. The topological polar surface area (TPSA) is 125 Å². The number of ether oxygens (including phenoxy) is 1. The Morgan fingerprint density at radius 1 is 0.980 bits per heavy atom. The predicted octanol–water partition coefficient (Wildman–Crippen LogP) is 7.25. The highest BCUT2D eigenvalue weighted by atomic mass is 32.2. The fourth-order valence-corrected chi connectivity index (χ4v) is 6.50. The van der Waals surface area contributed by atoms with Crippen LogP contribution in [-0.2, 0) is 23.2 Å². The highest BCUT2D eigenvalue weighted by Crippen LogP contribution is 2.34. The van der Waals surface area contributed by atoms with Crippen molar-refractivity contribution in [1.29, 1.82) is 0 Å². The van der Waals surface area contributed by atoms with Crippen molar-refractivity contribution in [3.8, 4) is 11.3 Å². The van der Waals surface area contributed by atoms with Crippen LogP contribution in [0.2, 0.25) is 0 Å². The van der Waals surface area contributed by atoms with Gasteiger partial charge in [0.05, 0.1) is 23.0 Å². The van der Waals surface area contributed by atoms with E-state index in [2.05, 4.69) is 20.5 Å². The number of nitrogens with zero attached hydrogens (tertiary/aromatic N) is 2. The van der Waals surface area contributed by atoms with Crippen LogP contribution in [0.25, 0.3) is 11.3 Å². The van der Waals surface area contributed by atoms with Crippen LogP contribution in [-0.4, -0.2) is 64.7 Å². The van der Waals surface area contributed by atoms with Crippen LogP contribution >= 0.6 is 11.8 Å². The van der Waals surface area contributed by atoms with Crippen LogP contribution in [0.3, 0.4) is 0 Å². The Morgan fingerprint density at radius 3 is 2.46 bits per heavy atom. The Kier molecular flexibility index (Phi) is 12.1. The second-order valence-corrected chi connectivity index (χ2v) is 12.9. The van der Waals surface area contributed by atoms with E-state index >= 15 is 0 Å². The fourth-order valence-electron chi connectivity index (χ4n) is 5.61. The highest BCUT2D eigenvalue weighted by molar-refractivity contribution is 7.98. The van der Waals surface area contributed by atoms with Gasteiger partial charge in [0.15, 0.2) is 0 Å². The molecule has 1 aromatic heterocycles. The zero-order chi connectivity index (χ0) is 35.7. The molecule has 262 valence electrons. The maximum Gasteiger partial charge on any atom is 0.481 e. The van der Waals surface area contributed by atoms with Crippen LogP contribution in [0.1, 0.15) is 56.7 Å².